The van der Waals surface area contributed by atoms with Gasteiger partial charge in [0.2, 0.25) is 0 Å². The summed E-state index contributed by atoms with van der Waals surface area (Å²) in [6.07, 6.45) is 3.76. The molecule has 0 amide bonds. The van der Waals surface area contributed by atoms with Crippen LogP contribution in [0, 0.1) is 5.82 Å². The summed E-state index contributed by atoms with van der Waals surface area (Å²) < 4.78 is 14.0. The zero-order chi connectivity index (χ0) is 10.3. The number of fused-ring (bicyclic) bond motifs is 1. The van der Waals surface area contributed by atoms with Crippen LogP contribution in [-0.4, -0.2) is 11.0 Å². The molecule has 15 heavy (non-hydrogen) atoms. The summed E-state index contributed by atoms with van der Waals surface area (Å²) in [6.45, 7) is 0. The van der Waals surface area contributed by atoms with Crippen LogP contribution in [-0.2, 0) is 0 Å². The minimum atomic E-state index is -0.219. The maximum atomic E-state index is 12.9. The Labute approximate surface area is 91.1 Å². The minimum absolute atomic E-state index is 0.219. The van der Waals surface area contributed by atoms with Gasteiger partial charge < -0.3 is 5.32 Å². The SMILES string of the molecule is Fc1ccc2sc(NC3CCC3)nc2c1. The van der Waals surface area contributed by atoms with Gasteiger partial charge in [0, 0.05) is 12.1 Å². The van der Waals surface area contributed by atoms with Gasteiger partial charge >= 0.3 is 0 Å². The summed E-state index contributed by atoms with van der Waals surface area (Å²) in [5.74, 6) is -0.219. The van der Waals surface area contributed by atoms with Crippen molar-refractivity contribution in [2.75, 3.05) is 5.32 Å². The monoisotopic (exact) mass is 222 g/mol. The average molecular weight is 222 g/mol. The van der Waals surface area contributed by atoms with Gasteiger partial charge in [-0.05, 0) is 31.4 Å². The largest absolute Gasteiger partial charge is 0.359 e. The van der Waals surface area contributed by atoms with Crippen molar-refractivity contribution < 1.29 is 4.39 Å². The molecule has 1 fully saturated rings. The Balaban J connectivity index is 1.91. The summed E-state index contributed by atoms with van der Waals surface area (Å²) >= 11 is 1.59. The maximum absolute atomic E-state index is 12.9. The highest BCUT2D eigenvalue weighted by Crippen LogP contribution is 2.30. The first-order valence-corrected chi connectivity index (χ1v) is 5.95. The van der Waals surface area contributed by atoms with Crippen molar-refractivity contribution >= 4 is 26.7 Å². The zero-order valence-corrected chi connectivity index (χ0v) is 8.98. The molecule has 1 N–H and O–H groups in total. The first kappa shape index (κ1) is 9.09. The molecule has 4 heteroatoms. The molecule has 0 bridgehead atoms. The van der Waals surface area contributed by atoms with Crippen LogP contribution in [0.3, 0.4) is 0 Å². The molecule has 0 atom stereocenters. The van der Waals surface area contributed by atoms with E-state index in [1.165, 1.54) is 31.4 Å². The Morgan fingerprint density at radius 2 is 2.27 bits per heavy atom. The summed E-state index contributed by atoms with van der Waals surface area (Å²) in [6, 6.07) is 5.33. The highest BCUT2D eigenvalue weighted by Gasteiger charge is 2.18. The van der Waals surface area contributed by atoms with E-state index in [9.17, 15) is 4.39 Å². The van der Waals surface area contributed by atoms with Crippen molar-refractivity contribution in [3.8, 4) is 0 Å². The van der Waals surface area contributed by atoms with Gasteiger partial charge in [-0.2, -0.15) is 0 Å². The summed E-state index contributed by atoms with van der Waals surface area (Å²) in [5.41, 5.74) is 0.752. The maximum Gasteiger partial charge on any atom is 0.184 e. The molecule has 1 aliphatic carbocycles. The van der Waals surface area contributed by atoms with Crippen LogP contribution >= 0.6 is 11.3 Å². The van der Waals surface area contributed by atoms with Crippen LogP contribution in [0.1, 0.15) is 19.3 Å². The van der Waals surface area contributed by atoms with E-state index in [0.29, 0.717) is 6.04 Å². The van der Waals surface area contributed by atoms with E-state index in [4.69, 9.17) is 0 Å². The van der Waals surface area contributed by atoms with E-state index in [0.717, 1.165) is 15.3 Å². The van der Waals surface area contributed by atoms with Crippen LogP contribution in [0.4, 0.5) is 9.52 Å². The lowest BCUT2D eigenvalue weighted by Gasteiger charge is -2.25. The topological polar surface area (TPSA) is 24.9 Å². The summed E-state index contributed by atoms with van der Waals surface area (Å²) in [4.78, 5) is 4.36. The number of aromatic nitrogens is 1. The fourth-order valence-electron chi connectivity index (χ4n) is 1.69. The van der Waals surface area contributed by atoms with Crippen LogP contribution in [0.15, 0.2) is 18.2 Å². The van der Waals surface area contributed by atoms with Crippen LogP contribution in [0.25, 0.3) is 10.2 Å². The van der Waals surface area contributed by atoms with Crippen LogP contribution < -0.4 is 5.32 Å². The number of benzene rings is 1. The second-order valence-corrected chi connectivity index (χ2v) is 4.93. The molecule has 1 aliphatic rings. The second kappa shape index (κ2) is 3.45. The number of rotatable bonds is 2. The lowest BCUT2D eigenvalue weighted by atomic mass is 9.93. The quantitative estimate of drug-likeness (QED) is 0.842. The molecule has 1 aromatic carbocycles. The van der Waals surface area contributed by atoms with Crippen LogP contribution in [0.2, 0.25) is 0 Å². The molecule has 0 spiro atoms. The van der Waals surface area contributed by atoms with Gasteiger partial charge in [-0.3, -0.25) is 0 Å². The van der Waals surface area contributed by atoms with E-state index in [1.54, 1.807) is 17.4 Å². The van der Waals surface area contributed by atoms with Gasteiger partial charge in [-0.25, -0.2) is 9.37 Å². The van der Waals surface area contributed by atoms with Crippen molar-refractivity contribution in [2.24, 2.45) is 0 Å². The minimum Gasteiger partial charge on any atom is -0.359 e. The van der Waals surface area contributed by atoms with Gasteiger partial charge in [0.1, 0.15) is 5.82 Å². The molecule has 0 saturated heterocycles. The Morgan fingerprint density at radius 1 is 1.40 bits per heavy atom. The third-order valence-electron chi connectivity index (χ3n) is 2.78. The molecule has 1 heterocycles. The molecule has 0 unspecified atom stereocenters. The standard InChI is InChI=1S/C11H11FN2S/c12-7-4-5-10-9(6-7)14-11(15-10)13-8-2-1-3-8/h4-6,8H,1-3H2,(H,13,14). The molecule has 2 nitrogen and oxygen atoms in total. The molecule has 0 aliphatic heterocycles. The first-order chi connectivity index (χ1) is 7.31. The Kier molecular flexibility index (Phi) is 2.09. The predicted molar refractivity (Wildman–Crippen MR) is 60.8 cm³/mol. The molecule has 78 valence electrons. The number of hydrogen-bond donors (Lipinski definition) is 1. The van der Waals surface area contributed by atoms with Crippen LogP contribution in [0.5, 0.6) is 0 Å². The lowest BCUT2D eigenvalue weighted by molar-refractivity contribution is 0.445. The van der Waals surface area contributed by atoms with Crippen molar-refractivity contribution in [3.05, 3.63) is 24.0 Å². The fraction of sp³-hybridized carbons (Fsp3) is 0.364. The second-order valence-electron chi connectivity index (χ2n) is 3.90. The Hall–Kier alpha value is -1.16. The zero-order valence-electron chi connectivity index (χ0n) is 8.16. The van der Waals surface area contributed by atoms with Gasteiger partial charge in [0.05, 0.1) is 10.2 Å². The Bertz CT molecular complexity index is 490. The molecule has 3 rings (SSSR count). The average Bonchev–Trinajstić information content (AvgIpc) is 2.53. The number of anilines is 1. The number of nitrogens with one attached hydrogen (secondary N) is 1. The molecular formula is C11H11FN2S. The van der Waals surface area contributed by atoms with Gasteiger partial charge in [0.15, 0.2) is 5.13 Å². The smallest absolute Gasteiger partial charge is 0.184 e. The molecule has 1 aromatic heterocycles. The van der Waals surface area contributed by atoms with Crippen molar-refractivity contribution in [1.82, 2.24) is 4.98 Å². The first-order valence-electron chi connectivity index (χ1n) is 5.14. The van der Waals surface area contributed by atoms with Gasteiger partial charge in [-0.1, -0.05) is 11.3 Å². The van der Waals surface area contributed by atoms with E-state index in [-0.39, 0.29) is 5.82 Å². The number of hydrogen-bond acceptors (Lipinski definition) is 3. The normalized spacial score (nSPS) is 16.6. The van der Waals surface area contributed by atoms with E-state index >= 15 is 0 Å². The summed E-state index contributed by atoms with van der Waals surface area (Å²) in [7, 11) is 0. The molecular weight excluding hydrogens is 211 g/mol. The van der Waals surface area contributed by atoms with E-state index < -0.39 is 0 Å². The molecule has 1 saturated carbocycles. The van der Waals surface area contributed by atoms with Gasteiger partial charge in [0.25, 0.3) is 0 Å². The number of halogens is 1. The highest BCUT2D eigenvalue weighted by atomic mass is 32.1. The number of nitrogens with zero attached hydrogens (tertiary/aromatic N) is 1. The van der Waals surface area contributed by atoms with Crippen molar-refractivity contribution in [1.29, 1.82) is 0 Å². The molecule has 0 radical (unpaired) electrons. The summed E-state index contributed by atoms with van der Waals surface area (Å²) in [5, 5.41) is 4.29. The van der Waals surface area contributed by atoms with Gasteiger partial charge in [-0.15, -0.1) is 0 Å². The van der Waals surface area contributed by atoms with Crippen molar-refractivity contribution in [2.45, 2.75) is 25.3 Å². The fourth-order valence-corrected chi connectivity index (χ4v) is 2.61. The highest BCUT2D eigenvalue weighted by molar-refractivity contribution is 7.22. The van der Waals surface area contributed by atoms with E-state index in [2.05, 4.69) is 10.3 Å². The molecule has 2 aromatic rings. The third-order valence-corrected chi connectivity index (χ3v) is 3.75. The van der Waals surface area contributed by atoms with Crippen molar-refractivity contribution in [3.63, 3.8) is 0 Å². The predicted octanol–water partition coefficient (Wildman–Crippen LogP) is 3.40. The Morgan fingerprint density at radius 3 is 3.00 bits per heavy atom. The van der Waals surface area contributed by atoms with E-state index in [1.807, 2.05) is 0 Å². The third kappa shape index (κ3) is 1.69. The lowest BCUT2D eigenvalue weighted by Crippen LogP contribution is -2.26. The number of thiazole rings is 1.